The van der Waals surface area contributed by atoms with Crippen molar-refractivity contribution >= 4 is 28.9 Å². The van der Waals surface area contributed by atoms with E-state index in [1.165, 1.54) is 5.56 Å². The van der Waals surface area contributed by atoms with Gasteiger partial charge in [-0.25, -0.2) is 0 Å². The van der Waals surface area contributed by atoms with Crippen LogP contribution in [0.1, 0.15) is 78.9 Å². The van der Waals surface area contributed by atoms with E-state index in [0.717, 1.165) is 24.2 Å². The van der Waals surface area contributed by atoms with Gasteiger partial charge in [0.15, 0.2) is 6.10 Å². The molecule has 0 saturated carbocycles. The molecule has 0 aliphatic carbocycles. The number of nitrogens with one attached hydrogen (secondary N) is 2. The molecule has 2 rings (SSSR count). The topological polar surface area (TPSA) is 62.1 Å². The van der Waals surface area contributed by atoms with E-state index in [-0.39, 0.29) is 22.4 Å². The van der Waals surface area contributed by atoms with Crippen molar-refractivity contribution in [2.24, 2.45) is 0 Å². The number of carbonyl (C=O) groups is 1. The van der Waals surface area contributed by atoms with E-state index in [2.05, 4.69) is 59.0 Å². The third-order valence-electron chi connectivity index (χ3n) is 6.42. The Morgan fingerprint density at radius 1 is 1.03 bits per heavy atom. The summed E-state index contributed by atoms with van der Waals surface area (Å²) >= 11 is 5.92. The molecule has 0 bridgehead atoms. The fourth-order valence-electron chi connectivity index (χ4n) is 3.28. The number of anilines is 1. The van der Waals surface area contributed by atoms with Crippen molar-refractivity contribution in [3.8, 4) is 5.75 Å². The van der Waals surface area contributed by atoms with E-state index in [9.17, 15) is 4.79 Å². The van der Waals surface area contributed by atoms with Crippen LogP contribution < -0.4 is 15.8 Å². The van der Waals surface area contributed by atoms with Crippen LogP contribution in [-0.4, -0.2) is 12.0 Å². The number of halogens is 1. The lowest BCUT2D eigenvalue weighted by Crippen LogP contribution is -2.33. The fourth-order valence-corrected chi connectivity index (χ4v) is 3.40. The predicted octanol–water partition coefficient (Wildman–Crippen LogP) is 7.43. The molecule has 1 atom stereocenters. The van der Waals surface area contributed by atoms with Gasteiger partial charge in [0, 0.05) is 11.3 Å². The number of hydrogen-bond donors (Lipinski definition) is 1. The summed E-state index contributed by atoms with van der Waals surface area (Å²) in [6.07, 6.45) is 1.89. The maximum Gasteiger partial charge on any atom is 0.265 e. The Kier molecular flexibility index (Phi) is 8.04. The van der Waals surface area contributed by atoms with Gasteiger partial charge in [0.2, 0.25) is 0 Å². The third-order valence-corrected chi connectivity index (χ3v) is 6.75. The lowest BCUT2D eigenvalue weighted by molar-refractivity contribution is -0.122. The maximum atomic E-state index is 12.9. The summed E-state index contributed by atoms with van der Waals surface area (Å²) < 4.78 is 6.29. The number of rotatable bonds is 9. The first-order valence-electron chi connectivity index (χ1n) is 11.1. The quantitative estimate of drug-likeness (QED) is 0.438. The highest BCUT2D eigenvalue weighted by molar-refractivity contribution is 6.33. The second-order valence-corrected chi connectivity index (χ2v) is 9.79. The molecular weight excluding hydrogens is 408 g/mol. The lowest BCUT2D eigenvalue weighted by Gasteiger charge is -2.31. The van der Waals surface area contributed by atoms with E-state index in [0.29, 0.717) is 17.1 Å². The average molecular weight is 444 g/mol. The minimum absolute atomic E-state index is 0.0706. The molecule has 4 nitrogen and oxygen atoms in total. The van der Waals surface area contributed by atoms with E-state index >= 15 is 0 Å². The maximum absolute atomic E-state index is 12.9. The van der Waals surface area contributed by atoms with Gasteiger partial charge in [0.05, 0.1) is 10.7 Å². The largest absolute Gasteiger partial charge is 0.480 e. The summed E-state index contributed by atoms with van der Waals surface area (Å²) in [5, 5.41) is 3.21. The van der Waals surface area contributed by atoms with E-state index in [4.69, 9.17) is 22.1 Å². The molecule has 5 heteroatoms. The lowest BCUT2D eigenvalue weighted by atomic mass is 9.76. The summed E-state index contributed by atoms with van der Waals surface area (Å²) in [7, 11) is 0. The Morgan fingerprint density at radius 2 is 1.68 bits per heavy atom. The minimum atomic E-state index is -0.638. The summed E-state index contributed by atoms with van der Waals surface area (Å²) in [5.41, 5.74) is 10.9. The highest BCUT2D eigenvalue weighted by Crippen LogP contribution is 2.39. The molecule has 1 amide bonds. The first-order valence-corrected chi connectivity index (χ1v) is 11.5. The van der Waals surface area contributed by atoms with Crippen LogP contribution in [0, 0.1) is 0 Å². The van der Waals surface area contributed by atoms with Crippen molar-refractivity contribution in [2.45, 2.75) is 84.7 Å². The van der Waals surface area contributed by atoms with E-state index < -0.39 is 6.10 Å². The van der Waals surface area contributed by atoms with Crippen molar-refractivity contribution in [2.75, 3.05) is 5.32 Å². The van der Waals surface area contributed by atoms with E-state index in [1.807, 2.05) is 13.0 Å². The Labute approximate surface area is 192 Å². The Hall–Kier alpha value is -2.20. The van der Waals surface area contributed by atoms with Gasteiger partial charge in [-0.2, -0.15) is 0 Å². The summed E-state index contributed by atoms with van der Waals surface area (Å²) in [4.78, 5) is 12.9. The van der Waals surface area contributed by atoms with Gasteiger partial charge in [-0.3, -0.25) is 10.5 Å². The zero-order chi connectivity index (χ0) is 23.4. The molecule has 31 heavy (non-hydrogen) atoms. The van der Waals surface area contributed by atoms with Gasteiger partial charge in [0.25, 0.3) is 5.91 Å². The summed E-state index contributed by atoms with van der Waals surface area (Å²) in [5.74, 6) is 0.518. The van der Waals surface area contributed by atoms with Crippen LogP contribution in [-0.2, 0) is 15.6 Å². The molecular formula is C26H36ClN2O2. The number of carbonyl (C=O) groups excluding carboxylic acids is 1. The average Bonchev–Trinajstić information content (AvgIpc) is 2.74. The van der Waals surface area contributed by atoms with Crippen LogP contribution >= 0.6 is 11.6 Å². The fraction of sp³-hybridized carbons (Fsp3) is 0.500. The van der Waals surface area contributed by atoms with Crippen LogP contribution in [0.2, 0.25) is 5.02 Å². The molecule has 2 aromatic rings. The molecule has 0 aromatic heterocycles. The van der Waals surface area contributed by atoms with Crippen molar-refractivity contribution in [1.29, 1.82) is 0 Å². The standard InChI is InChI=1S/C26H36ClN2O2/c1-8-22(24(30)29-18-12-13-20(27)21(28)16-18)31-23-14-11-17(25(4,5)9-2)15-19(23)26(6,7)10-3/h11-16,22,28H,8-10H2,1-7H3,(H,29,30). The SMILES string of the molecule is CCC(Oc1ccc(C(C)(C)CC)cc1C(C)(C)CC)C(=O)Nc1ccc(Cl)c([NH])c1. The van der Waals surface area contributed by atoms with Crippen molar-refractivity contribution in [1.82, 2.24) is 5.73 Å². The molecule has 0 fully saturated rings. The first-order chi connectivity index (χ1) is 14.4. The van der Waals surface area contributed by atoms with Crippen LogP contribution in [0.5, 0.6) is 5.75 Å². The van der Waals surface area contributed by atoms with Gasteiger partial charge < -0.3 is 10.1 Å². The zero-order valence-corrected chi connectivity index (χ0v) is 20.6. The van der Waals surface area contributed by atoms with Gasteiger partial charge >= 0.3 is 0 Å². The van der Waals surface area contributed by atoms with Crippen LogP contribution in [0.15, 0.2) is 36.4 Å². The molecule has 0 saturated heterocycles. The molecule has 0 spiro atoms. The van der Waals surface area contributed by atoms with Crippen LogP contribution in [0.25, 0.3) is 0 Å². The van der Waals surface area contributed by atoms with Gasteiger partial charge in [-0.05, 0) is 59.9 Å². The Balaban J connectivity index is 2.34. The third kappa shape index (κ3) is 5.94. The number of ether oxygens (including phenoxy) is 1. The van der Waals surface area contributed by atoms with Crippen LogP contribution in [0.3, 0.4) is 0 Å². The summed E-state index contributed by atoms with van der Waals surface area (Å²) in [6.45, 7) is 15.2. The Bertz CT molecular complexity index is 922. The molecule has 2 aromatic carbocycles. The highest BCUT2D eigenvalue weighted by Gasteiger charge is 2.28. The molecule has 0 aliphatic rings. The Morgan fingerprint density at radius 3 is 2.23 bits per heavy atom. The highest BCUT2D eigenvalue weighted by atomic mass is 35.5. The second kappa shape index (κ2) is 9.95. The number of hydrogen-bond acceptors (Lipinski definition) is 2. The molecule has 2 N–H and O–H groups in total. The van der Waals surface area contributed by atoms with Gasteiger partial charge in [0.1, 0.15) is 5.75 Å². The minimum Gasteiger partial charge on any atom is -0.480 e. The molecule has 1 unspecified atom stereocenters. The van der Waals surface area contributed by atoms with E-state index in [1.54, 1.807) is 18.2 Å². The summed E-state index contributed by atoms with van der Waals surface area (Å²) in [6, 6.07) is 11.2. The molecule has 0 heterocycles. The molecule has 169 valence electrons. The normalized spacial score (nSPS) is 13.0. The monoisotopic (exact) mass is 443 g/mol. The second-order valence-electron chi connectivity index (χ2n) is 9.38. The van der Waals surface area contributed by atoms with Crippen molar-refractivity contribution in [3.63, 3.8) is 0 Å². The smallest absolute Gasteiger partial charge is 0.265 e. The van der Waals surface area contributed by atoms with Crippen molar-refractivity contribution in [3.05, 3.63) is 52.5 Å². The van der Waals surface area contributed by atoms with Crippen molar-refractivity contribution < 1.29 is 9.53 Å². The zero-order valence-electron chi connectivity index (χ0n) is 19.9. The van der Waals surface area contributed by atoms with Crippen LogP contribution in [0.4, 0.5) is 11.4 Å². The predicted molar refractivity (Wildman–Crippen MR) is 131 cm³/mol. The number of amides is 1. The molecule has 1 radical (unpaired) electrons. The van der Waals surface area contributed by atoms with Gasteiger partial charge in [-0.1, -0.05) is 72.2 Å². The van der Waals surface area contributed by atoms with Gasteiger partial charge in [-0.15, -0.1) is 0 Å². The number of benzene rings is 2. The first kappa shape index (κ1) is 25.1. The molecule has 0 aliphatic heterocycles.